The Labute approximate surface area is 206 Å². The van der Waals surface area contributed by atoms with Gasteiger partial charge in [-0.2, -0.15) is 0 Å². The first kappa shape index (κ1) is 23.2. The average molecular weight is 474 g/mol. The molecule has 182 valence electrons. The van der Waals surface area contributed by atoms with E-state index >= 15 is 0 Å². The summed E-state index contributed by atoms with van der Waals surface area (Å²) in [6.07, 6.45) is 2.11. The standard InChI is InChI=1S/C29H31NO5/c1-4-28(31)35-25-11-10-20-14-24-22-16-27(34-18-19-8-6-5-7-9-19)26(32-2)15-21(22)12-13-30(24)17-23(20)29(25)33-3/h5-11,15-16,24H,4,12-14,17-18H2,1-3H3. The van der Waals surface area contributed by atoms with Gasteiger partial charge in [0.05, 0.1) is 14.2 Å². The van der Waals surface area contributed by atoms with E-state index in [0.717, 1.165) is 48.6 Å². The lowest BCUT2D eigenvalue weighted by Crippen LogP contribution is -2.39. The summed E-state index contributed by atoms with van der Waals surface area (Å²) in [6, 6.07) is 18.6. The first-order chi connectivity index (χ1) is 17.1. The lowest BCUT2D eigenvalue weighted by Gasteiger charge is -2.42. The number of ether oxygens (including phenoxy) is 4. The van der Waals surface area contributed by atoms with Crippen molar-refractivity contribution in [1.29, 1.82) is 0 Å². The molecule has 0 saturated heterocycles. The number of rotatable bonds is 7. The van der Waals surface area contributed by atoms with Crippen molar-refractivity contribution in [2.45, 2.75) is 45.4 Å². The Morgan fingerprint density at radius 2 is 1.80 bits per heavy atom. The third kappa shape index (κ3) is 4.58. The molecule has 2 aliphatic heterocycles. The summed E-state index contributed by atoms with van der Waals surface area (Å²) in [5.74, 6) is 2.43. The fraction of sp³-hybridized carbons (Fsp3) is 0.345. The molecule has 1 unspecified atom stereocenters. The monoisotopic (exact) mass is 473 g/mol. The number of hydrogen-bond acceptors (Lipinski definition) is 6. The summed E-state index contributed by atoms with van der Waals surface area (Å²) >= 11 is 0. The van der Waals surface area contributed by atoms with Crippen LogP contribution in [0.4, 0.5) is 0 Å². The van der Waals surface area contributed by atoms with Crippen LogP contribution >= 0.6 is 0 Å². The first-order valence-electron chi connectivity index (χ1n) is 12.1. The molecule has 0 aromatic heterocycles. The molecule has 0 radical (unpaired) electrons. The molecular formula is C29H31NO5. The normalized spacial score (nSPS) is 16.5. The molecule has 0 bridgehead atoms. The van der Waals surface area contributed by atoms with E-state index in [9.17, 15) is 4.79 Å². The maximum atomic E-state index is 11.9. The summed E-state index contributed by atoms with van der Waals surface area (Å²) < 4.78 is 23.2. The summed E-state index contributed by atoms with van der Waals surface area (Å²) in [5.41, 5.74) is 6.02. The largest absolute Gasteiger partial charge is 0.493 e. The molecule has 0 fully saturated rings. The third-order valence-electron chi connectivity index (χ3n) is 6.94. The minimum atomic E-state index is -0.263. The fourth-order valence-corrected chi connectivity index (χ4v) is 5.12. The van der Waals surface area contributed by atoms with E-state index < -0.39 is 0 Å². The van der Waals surface area contributed by atoms with Crippen molar-refractivity contribution >= 4 is 5.97 Å². The van der Waals surface area contributed by atoms with Crippen LogP contribution in [-0.2, 0) is 30.8 Å². The minimum Gasteiger partial charge on any atom is -0.493 e. The summed E-state index contributed by atoms with van der Waals surface area (Å²) in [4.78, 5) is 14.4. The highest BCUT2D eigenvalue weighted by molar-refractivity contribution is 5.73. The number of nitrogens with zero attached hydrogens (tertiary/aromatic N) is 1. The van der Waals surface area contributed by atoms with Gasteiger partial charge in [-0.05, 0) is 53.3 Å². The third-order valence-corrected chi connectivity index (χ3v) is 6.94. The predicted molar refractivity (Wildman–Crippen MR) is 133 cm³/mol. The van der Waals surface area contributed by atoms with E-state index in [-0.39, 0.29) is 12.0 Å². The second-order valence-electron chi connectivity index (χ2n) is 8.98. The Hall–Kier alpha value is -3.51. The molecule has 0 aliphatic carbocycles. The van der Waals surface area contributed by atoms with Crippen LogP contribution in [0.15, 0.2) is 54.6 Å². The van der Waals surface area contributed by atoms with Gasteiger partial charge in [0.2, 0.25) is 0 Å². The van der Waals surface area contributed by atoms with E-state index in [0.29, 0.717) is 24.5 Å². The average Bonchev–Trinajstić information content (AvgIpc) is 2.90. The van der Waals surface area contributed by atoms with Gasteiger partial charge >= 0.3 is 5.97 Å². The summed E-state index contributed by atoms with van der Waals surface area (Å²) in [7, 11) is 3.33. The molecule has 2 heterocycles. The van der Waals surface area contributed by atoms with Crippen molar-refractivity contribution in [1.82, 2.24) is 4.90 Å². The minimum absolute atomic E-state index is 0.241. The first-order valence-corrected chi connectivity index (χ1v) is 12.1. The second-order valence-corrected chi connectivity index (χ2v) is 8.98. The van der Waals surface area contributed by atoms with Gasteiger partial charge in [-0.25, -0.2) is 0 Å². The molecule has 0 amide bonds. The highest BCUT2D eigenvalue weighted by atomic mass is 16.6. The van der Waals surface area contributed by atoms with Gasteiger partial charge < -0.3 is 18.9 Å². The van der Waals surface area contributed by atoms with Crippen molar-refractivity contribution in [2.75, 3.05) is 20.8 Å². The maximum Gasteiger partial charge on any atom is 0.311 e. The molecule has 35 heavy (non-hydrogen) atoms. The van der Waals surface area contributed by atoms with E-state index in [2.05, 4.69) is 35.2 Å². The van der Waals surface area contributed by atoms with Crippen molar-refractivity contribution in [2.24, 2.45) is 0 Å². The molecule has 5 rings (SSSR count). The predicted octanol–water partition coefficient (Wildman–Crippen LogP) is 5.25. The number of fused-ring (bicyclic) bond motifs is 4. The van der Waals surface area contributed by atoms with Gasteiger partial charge in [-0.1, -0.05) is 43.3 Å². The quantitative estimate of drug-likeness (QED) is 0.345. The SMILES string of the molecule is CCC(=O)Oc1ccc2c(c1OC)CN1CCc3cc(OC)c(OCc4ccccc4)cc3C1C2. The van der Waals surface area contributed by atoms with Crippen LogP contribution in [0.5, 0.6) is 23.0 Å². The van der Waals surface area contributed by atoms with Gasteiger partial charge in [0.25, 0.3) is 0 Å². The topological polar surface area (TPSA) is 57.2 Å². The maximum absolute atomic E-state index is 11.9. The van der Waals surface area contributed by atoms with Gasteiger partial charge in [0.15, 0.2) is 23.0 Å². The van der Waals surface area contributed by atoms with E-state index in [1.165, 1.54) is 16.7 Å². The van der Waals surface area contributed by atoms with Gasteiger partial charge in [-0.15, -0.1) is 0 Å². The second kappa shape index (κ2) is 10.0. The van der Waals surface area contributed by atoms with Gasteiger partial charge in [-0.3, -0.25) is 9.69 Å². The number of carbonyl (C=O) groups excluding carboxylic acids is 1. The lowest BCUT2D eigenvalue weighted by atomic mass is 9.83. The Bertz CT molecular complexity index is 1220. The van der Waals surface area contributed by atoms with E-state index in [1.54, 1.807) is 21.1 Å². The van der Waals surface area contributed by atoms with Crippen molar-refractivity contribution in [3.63, 3.8) is 0 Å². The zero-order valence-corrected chi connectivity index (χ0v) is 20.5. The molecule has 1 atom stereocenters. The summed E-state index contributed by atoms with van der Waals surface area (Å²) in [5, 5.41) is 0. The molecule has 0 N–H and O–H groups in total. The van der Waals surface area contributed by atoms with Crippen LogP contribution < -0.4 is 18.9 Å². The van der Waals surface area contributed by atoms with Crippen LogP contribution in [-0.4, -0.2) is 31.6 Å². The van der Waals surface area contributed by atoms with Crippen LogP contribution in [0, 0.1) is 0 Å². The van der Waals surface area contributed by atoms with Gasteiger partial charge in [0.1, 0.15) is 6.61 Å². The molecule has 6 nitrogen and oxygen atoms in total. The number of methoxy groups -OCH3 is 2. The Morgan fingerprint density at radius 1 is 0.971 bits per heavy atom. The summed E-state index contributed by atoms with van der Waals surface area (Å²) in [6.45, 7) is 3.96. The van der Waals surface area contributed by atoms with Gasteiger partial charge in [0, 0.05) is 31.1 Å². The number of hydrogen-bond donors (Lipinski definition) is 0. The Balaban J connectivity index is 1.45. The number of esters is 1. The Kier molecular flexibility index (Phi) is 6.64. The number of benzene rings is 3. The molecule has 0 saturated carbocycles. The highest BCUT2D eigenvalue weighted by Gasteiger charge is 2.35. The zero-order chi connectivity index (χ0) is 24.4. The van der Waals surface area contributed by atoms with E-state index in [1.807, 2.05) is 24.3 Å². The molecular weight excluding hydrogens is 442 g/mol. The van der Waals surface area contributed by atoms with Crippen LogP contribution in [0.25, 0.3) is 0 Å². The smallest absolute Gasteiger partial charge is 0.311 e. The van der Waals surface area contributed by atoms with Crippen molar-refractivity contribution < 1.29 is 23.7 Å². The molecule has 0 spiro atoms. The van der Waals surface area contributed by atoms with Crippen LogP contribution in [0.2, 0.25) is 0 Å². The van der Waals surface area contributed by atoms with Crippen molar-refractivity contribution in [3.8, 4) is 23.0 Å². The Morgan fingerprint density at radius 3 is 2.54 bits per heavy atom. The molecule has 6 heteroatoms. The van der Waals surface area contributed by atoms with E-state index in [4.69, 9.17) is 18.9 Å². The van der Waals surface area contributed by atoms with Crippen LogP contribution in [0.3, 0.4) is 0 Å². The van der Waals surface area contributed by atoms with Crippen molar-refractivity contribution in [3.05, 3.63) is 82.4 Å². The molecule has 3 aromatic rings. The van der Waals surface area contributed by atoms with Crippen LogP contribution in [0.1, 0.15) is 47.2 Å². The molecule has 2 aliphatic rings. The fourth-order valence-electron chi connectivity index (χ4n) is 5.12. The highest BCUT2D eigenvalue weighted by Crippen LogP contribution is 2.46. The zero-order valence-electron chi connectivity index (χ0n) is 20.5. The lowest BCUT2D eigenvalue weighted by molar-refractivity contribution is -0.134. The molecule has 3 aromatic carbocycles. The number of carbonyl (C=O) groups is 1.